The van der Waals surface area contributed by atoms with E-state index in [0.717, 1.165) is 12.2 Å². The second-order valence-electron chi connectivity index (χ2n) is 3.24. The fourth-order valence-electron chi connectivity index (χ4n) is 0.776. The SMILES string of the molecule is COC(=O)/C=C/C(=O)C(=O)CC(C)C. The van der Waals surface area contributed by atoms with E-state index in [1.54, 1.807) is 0 Å². The van der Waals surface area contributed by atoms with Crippen molar-refractivity contribution in [3.63, 3.8) is 0 Å². The van der Waals surface area contributed by atoms with Gasteiger partial charge in [-0.3, -0.25) is 9.59 Å². The first-order valence-corrected chi connectivity index (χ1v) is 4.30. The molecule has 14 heavy (non-hydrogen) atoms. The quantitative estimate of drug-likeness (QED) is 0.374. The molecule has 4 nitrogen and oxygen atoms in total. The number of carbonyl (C=O) groups is 3. The summed E-state index contributed by atoms with van der Waals surface area (Å²) in [5.41, 5.74) is 0. The van der Waals surface area contributed by atoms with Crippen molar-refractivity contribution in [2.45, 2.75) is 20.3 Å². The Morgan fingerprint density at radius 3 is 2.21 bits per heavy atom. The Morgan fingerprint density at radius 2 is 1.79 bits per heavy atom. The Bertz CT molecular complexity index is 263. The molecular formula is C10H14O4. The fraction of sp³-hybridized carbons (Fsp3) is 0.500. The highest BCUT2D eigenvalue weighted by Crippen LogP contribution is 2.01. The average Bonchev–Trinajstić information content (AvgIpc) is 2.12. The van der Waals surface area contributed by atoms with Crippen LogP contribution in [0.2, 0.25) is 0 Å². The van der Waals surface area contributed by atoms with Gasteiger partial charge in [-0.1, -0.05) is 13.8 Å². The average molecular weight is 198 g/mol. The highest BCUT2D eigenvalue weighted by molar-refractivity contribution is 6.41. The van der Waals surface area contributed by atoms with Crippen molar-refractivity contribution >= 4 is 17.5 Å². The number of methoxy groups -OCH3 is 1. The number of Topliss-reactive ketones (excluding diaryl/α,β-unsaturated/α-hetero) is 1. The van der Waals surface area contributed by atoms with Crippen LogP contribution in [-0.4, -0.2) is 24.6 Å². The maximum Gasteiger partial charge on any atom is 0.330 e. The van der Waals surface area contributed by atoms with Gasteiger partial charge in [0, 0.05) is 12.5 Å². The van der Waals surface area contributed by atoms with Crippen molar-refractivity contribution in [2.24, 2.45) is 5.92 Å². The summed E-state index contributed by atoms with van der Waals surface area (Å²) < 4.78 is 4.27. The highest BCUT2D eigenvalue weighted by Gasteiger charge is 2.12. The molecule has 4 heteroatoms. The molecule has 0 aliphatic rings. The normalized spacial score (nSPS) is 10.6. The van der Waals surface area contributed by atoms with Gasteiger partial charge in [0.1, 0.15) is 0 Å². The van der Waals surface area contributed by atoms with E-state index in [4.69, 9.17) is 0 Å². The minimum Gasteiger partial charge on any atom is -0.466 e. The van der Waals surface area contributed by atoms with Crippen molar-refractivity contribution in [1.82, 2.24) is 0 Å². The van der Waals surface area contributed by atoms with Crippen molar-refractivity contribution in [2.75, 3.05) is 7.11 Å². The fourth-order valence-corrected chi connectivity index (χ4v) is 0.776. The molecule has 0 aliphatic carbocycles. The summed E-state index contributed by atoms with van der Waals surface area (Å²) in [5, 5.41) is 0. The maximum atomic E-state index is 11.1. The zero-order valence-electron chi connectivity index (χ0n) is 8.57. The Kier molecular flexibility index (Phi) is 5.44. The third-order valence-corrected chi connectivity index (χ3v) is 1.44. The van der Waals surface area contributed by atoms with E-state index in [9.17, 15) is 14.4 Å². The molecular weight excluding hydrogens is 184 g/mol. The van der Waals surface area contributed by atoms with Crippen LogP contribution in [0.1, 0.15) is 20.3 Å². The second-order valence-corrected chi connectivity index (χ2v) is 3.24. The molecule has 0 saturated carbocycles. The Morgan fingerprint density at radius 1 is 1.21 bits per heavy atom. The minimum absolute atomic E-state index is 0.137. The van der Waals surface area contributed by atoms with Gasteiger partial charge < -0.3 is 4.74 Å². The van der Waals surface area contributed by atoms with Crippen LogP contribution in [0.25, 0.3) is 0 Å². The molecule has 0 amide bonds. The number of allylic oxidation sites excluding steroid dienone is 1. The van der Waals surface area contributed by atoms with E-state index in [0.29, 0.717) is 0 Å². The molecule has 0 aromatic heterocycles. The lowest BCUT2D eigenvalue weighted by atomic mass is 10.0. The standard InChI is InChI=1S/C10H14O4/c1-7(2)6-9(12)8(11)4-5-10(13)14-3/h4-5,7H,6H2,1-3H3/b5-4+. The van der Waals surface area contributed by atoms with Gasteiger partial charge in [0.15, 0.2) is 0 Å². The zero-order chi connectivity index (χ0) is 11.1. The molecule has 0 spiro atoms. The van der Waals surface area contributed by atoms with Crippen LogP contribution in [0, 0.1) is 5.92 Å². The lowest BCUT2D eigenvalue weighted by molar-refractivity contribution is -0.135. The molecule has 0 N–H and O–H groups in total. The Labute approximate surface area is 82.9 Å². The molecule has 0 radical (unpaired) electrons. The number of esters is 1. The summed E-state index contributed by atoms with van der Waals surface area (Å²) in [6, 6.07) is 0. The van der Waals surface area contributed by atoms with Crippen LogP contribution in [0.4, 0.5) is 0 Å². The number of rotatable bonds is 5. The summed E-state index contributed by atoms with van der Waals surface area (Å²) in [6.07, 6.45) is 2.08. The first kappa shape index (κ1) is 12.6. The monoisotopic (exact) mass is 198 g/mol. The zero-order valence-corrected chi connectivity index (χ0v) is 8.57. The third-order valence-electron chi connectivity index (χ3n) is 1.44. The summed E-state index contributed by atoms with van der Waals surface area (Å²) in [7, 11) is 1.20. The number of hydrogen-bond donors (Lipinski definition) is 0. The topological polar surface area (TPSA) is 60.4 Å². The van der Waals surface area contributed by atoms with Gasteiger partial charge in [-0.25, -0.2) is 4.79 Å². The van der Waals surface area contributed by atoms with Gasteiger partial charge in [-0.2, -0.15) is 0 Å². The van der Waals surface area contributed by atoms with Crippen LogP contribution in [0.5, 0.6) is 0 Å². The van der Waals surface area contributed by atoms with Gasteiger partial charge >= 0.3 is 5.97 Å². The first-order valence-electron chi connectivity index (χ1n) is 4.30. The highest BCUT2D eigenvalue weighted by atomic mass is 16.5. The molecule has 0 rings (SSSR count). The molecule has 0 atom stereocenters. The van der Waals surface area contributed by atoms with Crippen molar-refractivity contribution < 1.29 is 19.1 Å². The van der Waals surface area contributed by atoms with Gasteiger partial charge in [-0.15, -0.1) is 0 Å². The first-order chi connectivity index (χ1) is 6.47. The van der Waals surface area contributed by atoms with E-state index in [1.807, 2.05) is 13.8 Å². The number of ether oxygens (including phenoxy) is 1. The van der Waals surface area contributed by atoms with Crippen LogP contribution >= 0.6 is 0 Å². The van der Waals surface area contributed by atoms with Crippen LogP contribution in [0.15, 0.2) is 12.2 Å². The van der Waals surface area contributed by atoms with Crippen molar-refractivity contribution in [3.05, 3.63) is 12.2 Å². The Hall–Kier alpha value is -1.45. The summed E-state index contributed by atoms with van der Waals surface area (Å²) in [6.45, 7) is 3.68. The molecule has 0 saturated heterocycles. The van der Waals surface area contributed by atoms with Gasteiger partial charge in [0.05, 0.1) is 7.11 Å². The molecule has 0 unspecified atom stereocenters. The van der Waals surface area contributed by atoms with E-state index >= 15 is 0 Å². The summed E-state index contributed by atoms with van der Waals surface area (Å²) >= 11 is 0. The van der Waals surface area contributed by atoms with Gasteiger partial charge in [-0.05, 0) is 12.0 Å². The van der Waals surface area contributed by atoms with Gasteiger partial charge in [0.25, 0.3) is 0 Å². The number of hydrogen-bond acceptors (Lipinski definition) is 4. The molecule has 0 aliphatic heterocycles. The van der Waals surface area contributed by atoms with E-state index < -0.39 is 17.5 Å². The second kappa shape index (κ2) is 6.07. The molecule has 0 aromatic rings. The third kappa shape index (κ3) is 5.24. The predicted molar refractivity (Wildman–Crippen MR) is 50.6 cm³/mol. The smallest absolute Gasteiger partial charge is 0.330 e. The summed E-state index contributed by atoms with van der Waals surface area (Å²) in [4.78, 5) is 32.7. The maximum absolute atomic E-state index is 11.1. The lowest BCUT2D eigenvalue weighted by Crippen LogP contribution is -2.13. The van der Waals surface area contributed by atoms with Crippen LogP contribution in [0.3, 0.4) is 0 Å². The van der Waals surface area contributed by atoms with E-state index in [1.165, 1.54) is 7.11 Å². The molecule has 0 heterocycles. The molecule has 78 valence electrons. The number of ketones is 2. The van der Waals surface area contributed by atoms with Gasteiger partial charge in [0.2, 0.25) is 11.6 Å². The van der Waals surface area contributed by atoms with E-state index in [-0.39, 0.29) is 12.3 Å². The van der Waals surface area contributed by atoms with Crippen molar-refractivity contribution in [1.29, 1.82) is 0 Å². The van der Waals surface area contributed by atoms with Crippen molar-refractivity contribution in [3.8, 4) is 0 Å². The molecule has 0 bridgehead atoms. The summed E-state index contributed by atoms with van der Waals surface area (Å²) in [5.74, 6) is -1.65. The molecule has 0 fully saturated rings. The van der Waals surface area contributed by atoms with Crippen LogP contribution < -0.4 is 0 Å². The van der Waals surface area contributed by atoms with E-state index in [2.05, 4.69) is 4.74 Å². The Balaban J connectivity index is 4.15. The largest absolute Gasteiger partial charge is 0.466 e. The number of carbonyl (C=O) groups excluding carboxylic acids is 3. The minimum atomic E-state index is -0.663. The van der Waals surface area contributed by atoms with Crippen LogP contribution in [-0.2, 0) is 19.1 Å². The molecule has 0 aromatic carbocycles. The lowest BCUT2D eigenvalue weighted by Gasteiger charge is -1.99. The predicted octanol–water partition coefficient (Wildman–Crippen LogP) is 0.900.